The first-order chi connectivity index (χ1) is 11.4. The molecule has 0 aliphatic carbocycles. The minimum atomic E-state index is -1.81. The molecule has 5 N–H and O–H groups in total. The molecule has 0 radical (unpaired) electrons. The van der Waals surface area contributed by atoms with Crippen molar-refractivity contribution >= 4 is 22.4 Å². The molecule has 5 atom stereocenters. The highest BCUT2D eigenvalue weighted by molar-refractivity contribution is 5.85. The van der Waals surface area contributed by atoms with E-state index < -0.39 is 36.6 Å². The number of benzene rings is 2. The Morgan fingerprint density at radius 1 is 0.958 bits per heavy atom. The summed E-state index contributed by atoms with van der Waals surface area (Å²) in [5, 5.41) is 51.2. The van der Waals surface area contributed by atoms with E-state index in [1.54, 1.807) is 18.2 Å². The van der Waals surface area contributed by atoms with Gasteiger partial charge in [0, 0.05) is 0 Å². The molecular weight excluding hydrogens is 318 g/mol. The molecule has 128 valence electrons. The summed E-state index contributed by atoms with van der Waals surface area (Å²) in [7, 11) is 0. The highest BCUT2D eigenvalue weighted by Gasteiger charge is 2.49. The zero-order valence-corrected chi connectivity index (χ0v) is 12.4. The number of carboxylic acids is 1. The predicted octanol–water partition coefficient (Wildman–Crippen LogP) is -0.0724. The van der Waals surface area contributed by atoms with Crippen LogP contribution in [-0.4, -0.2) is 62.2 Å². The molecule has 2 aromatic rings. The monoisotopic (exact) mass is 335 g/mol. The first-order valence-electron chi connectivity index (χ1n) is 7.29. The number of carbonyl (C=O) groups is 1. The molecule has 2 aromatic carbocycles. The molecule has 24 heavy (non-hydrogen) atoms. The van der Waals surface area contributed by atoms with Gasteiger partial charge < -0.3 is 25.2 Å². The summed E-state index contributed by atoms with van der Waals surface area (Å²) in [5.74, 6) is -1.51. The predicted molar refractivity (Wildman–Crippen MR) is 82.5 cm³/mol. The first-order valence-corrected chi connectivity index (χ1v) is 7.29. The normalized spacial score (nSPS) is 30.2. The number of hydrogen-bond donors (Lipinski definition) is 5. The lowest BCUT2D eigenvalue weighted by molar-refractivity contribution is -0.237. The van der Waals surface area contributed by atoms with E-state index in [9.17, 15) is 25.3 Å². The van der Waals surface area contributed by atoms with E-state index >= 15 is 0 Å². The highest BCUT2D eigenvalue weighted by Crippen LogP contribution is 2.28. The van der Waals surface area contributed by atoms with Crippen LogP contribution in [0.5, 0.6) is 0 Å². The van der Waals surface area contributed by atoms with Gasteiger partial charge in [-0.05, 0) is 22.9 Å². The summed E-state index contributed by atoms with van der Waals surface area (Å²) in [4.78, 5) is 11.1. The van der Waals surface area contributed by atoms with Gasteiger partial charge in [-0.3, -0.25) is 5.21 Å². The number of ether oxygens (including phenoxy) is 1. The molecule has 1 aliphatic heterocycles. The molecule has 8 heteroatoms. The van der Waals surface area contributed by atoms with Crippen molar-refractivity contribution in [2.24, 2.45) is 0 Å². The van der Waals surface area contributed by atoms with Crippen LogP contribution >= 0.6 is 0 Å². The number of aliphatic hydroxyl groups excluding tert-OH is 3. The molecule has 0 bridgehead atoms. The SMILES string of the molecule is O=C(O)[C@H]1O[C@@H](N(O)c2ccc3ccccc3c2)[C@H](O)[C@@H](O)[C@@H]1O. The zero-order valence-electron chi connectivity index (χ0n) is 12.4. The second-order valence-electron chi connectivity index (χ2n) is 5.63. The Balaban J connectivity index is 1.91. The van der Waals surface area contributed by atoms with Gasteiger partial charge in [0.1, 0.15) is 18.3 Å². The molecule has 0 aromatic heterocycles. The minimum Gasteiger partial charge on any atom is -0.479 e. The molecule has 1 fully saturated rings. The van der Waals surface area contributed by atoms with E-state index in [-0.39, 0.29) is 5.69 Å². The number of hydroxylamine groups is 1. The van der Waals surface area contributed by atoms with Crippen molar-refractivity contribution in [3.05, 3.63) is 42.5 Å². The number of carboxylic acid groups (broad SMARTS) is 1. The minimum absolute atomic E-state index is 0.241. The Morgan fingerprint density at radius 2 is 1.62 bits per heavy atom. The lowest BCUT2D eigenvalue weighted by Gasteiger charge is -2.41. The van der Waals surface area contributed by atoms with Crippen LogP contribution in [0.3, 0.4) is 0 Å². The van der Waals surface area contributed by atoms with Crippen LogP contribution in [-0.2, 0) is 9.53 Å². The molecule has 0 amide bonds. The molecule has 1 aliphatic rings. The second-order valence-corrected chi connectivity index (χ2v) is 5.63. The summed E-state index contributed by atoms with van der Waals surface area (Å²) < 4.78 is 5.09. The molecule has 0 unspecified atom stereocenters. The van der Waals surface area contributed by atoms with Crippen molar-refractivity contribution in [3.8, 4) is 0 Å². The van der Waals surface area contributed by atoms with Crippen molar-refractivity contribution in [2.45, 2.75) is 30.6 Å². The van der Waals surface area contributed by atoms with Crippen LogP contribution in [0, 0.1) is 0 Å². The quantitative estimate of drug-likeness (QED) is 0.493. The van der Waals surface area contributed by atoms with E-state index in [2.05, 4.69) is 0 Å². The van der Waals surface area contributed by atoms with Crippen LogP contribution in [0.4, 0.5) is 5.69 Å². The van der Waals surface area contributed by atoms with Gasteiger partial charge in [0.25, 0.3) is 0 Å². The first kappa shape index (κ1) is 16.6. The van der Waals surface area contributed by atoms with E-state index in [1.807, 2.05) is 24.3 Å². The maximum atomic E-state index is 11.1. The number of rotatable bonds is 3. The van der Waals surface area contributed by atoms with Crippen molar-refractivity contribution in [2.75, 3.05) is 5.06 Å². The van der Waals surface area contributed by atoms with Gasteiger partial charge in [0.05, 0.1) is 5.69 Å². The summed E-state index contributed by atoms with van der Waals surface area (Å²) in [5.41, 5.74) is 0.241. The number of anilines is 1. The van der Waals surface area contributed by atoms with Crippen LogP contribution in [0.15, 0.2) is 42.5 Å². The van der Waals surface area contributed by atoms with E-state index in [0.717, 1.165) is 10.8 Å². The smallest absolute Gasteiger partial charge is 0.335 e. The summed E-state index contributed by atoms with van der Waals surface area (Å²) in [6.45, 7) is 0. The average molecular weight is 335 g/mol. The fourth-order valence-corrected chi connectivity index (χ4v) is 2.73. The van der Waals surface area contributed by atoms with E-state index in [1.165, 1.54) is 0 Å². The number of fused-ring (bicyclic) bond motifs is 1. The van der Waals surface area contributed by atoms with Gasteiger partial charge in [-0.1, -0.05) is 30.3 Å². The van der Waals surface area contributed by atoms with Crippen LogP contribution in [0.25, 0.3) is 10.8 Å². The van der Waals surface area contributed by atoms with Gasteiger partial charge in [-0.25, -0.2) is 9.86 Å². The van der Waals surface area contributed by atoms with Gasteiger partial charge in [0.2, 0.25) is 0 Å². The maximum Gasteiger partial charge on any atom is 0.335 e. The molecule has 3 rings (SSSR count). The Kier molecular flexibility index (Phi) is 4.39. The van der Waals surface area contributed by atoms with Gasteiger partial charge in [-0.2, -0.15) is 0 Å². The highest BCUT2D eigenvalue weighted by atomic mass is 16.6. The van der Waals surface area contributed by atoms with E-state index in [0.29, 0.717) is 5.06 Å². The third-order valence-electron chi connectivity index (χ3n) is 4.07. The second kappa shape index (κ2) is 6.34. The number of nitrogens with zero attached hydrogens (tertiary/aromatic N) is 1. The molecule has 0 saturated carbocycles. The van der Waals surface area contributed by atoms with Crippen molar-refractivity contribution in [3.63, 3.8) is 0 Å². The Morgan fingerprint density at radius 3 is 2.29 bits per heavy atom. The van der Waals surface area contributed by atoms with Crippen LogP contribution < -0.4 is 5.06 Å². The lowest BCUT2D eigenvalue weighted by Crippen LogP contribution is -2.63. The lowest BCUT2D eigenvalue weighted by atomic mass is 9.97. The van der Waals surface area contributed by atoms with Gasteiger partial charge >= 0.3 is 5.97 Å². The third kappa shape index (κ3) is 2.81. The summed E-state index contributed by atoms with van der Waals surface area (Å²) in [6.07, 6.45) is -8.61. The fourth-order valence-electron chi connectivity index (χ4n) is 2.73. The van der Waals surface area contributed by atoms with Gasteiger partial charge in [0.15, 0.2) is 12.3 Å². The maximum absolute atomic E-state index is 11.1. The zero-order chi connectivity index (χ0) is 17.4. The largest absolute Gasteiger partial charge is 0.479 e. The van der Waals surface area contributed by atoms with Crippen molar-refractivity contribution in [1.82, 2.24) is 0 Å². The number of aliphatic carboxylic acids is 1. The topological polar surface area (TPSA) is 131 Å². The molecule has 0 spiro atoms. The molecule has 1 heterocycles. The molecule has 8 nitrogen and oxygen atoms in total. The van der Waals surface area contributed by atoms with Crippen molar-refractivity contribution < 1.29 is 35.2 Å². The van der Waals surface area contributed by atoms with Crippen LogP contribution in [0.2, 0.25) is 0 Å². The number of aliphatic hydroxyl groups is 3. The van der Waals surface area contributed by atoms with E-state index in [4.69, 9.17) is 9.84 Å². The fraction of sp³-hybridized carbons (Fsp3) is 0.312. The summed E-state index contributed by atoms with van der Waals surface area (Å²) in [6, 6.07) is 12.3. The molecular formula is C16H17NO7. The number of hydrogen-bond acceptors (Lipinski definition) is 7. The van der Waals surface area contributed by atoms with Gasteiger partial charge in [-0.15, -0.1) is 0 Å². The Hall–Kier alpha value is -2.23. The average Bonchev–Trinajstić information content (AvgIpc) is 2.58. The standard InChI is InChI=1S/C16H17NO7/c18-11-12(19)14(16(21)22)24-15(13(11)20)17(23)10-6-5-8-3-1-2-4-9(8)7-10/h1-7,11-15,18-20,23H,(H,21,22)/t11-,12-,13+,14-,15+/m0/s1. The van der Waals surface area contributed by atoms with Crippen LogP contribution in [0.1, 0.15) is 0 Å². The molecule has 1 saturated heterocycles. The third-order valence-corrected chi connectivity index (χ3v) is 4.07. The Bertz CT molecular complexity index is 752. The Labute approximate surface area is 136 Å². The summed E-state index contributed by atoms with van der Waals surface area (Å²) >= 11 is 0. The van der Waals surface area contributed by atoms with Crippen molar-refractivity contribution in [1.29, 1.82) is 0 Å².